The van der Waals surface area contributed by atoms with Crippen LogP contribution in [0.2, 0.25) is 0 Å². The van der Waals surface area contributed by atoms with Crippen molar-refractivity contribution in [1.29, 1.82) is 0 Å². The lowest BCUT2D eigenvalue weighted by molar-refractivity contribution is -0.160. The smallest absolute Gasteiger partial charge is 0.319 e. The molecule has 2 aliphatic rings. The summed E-state index contributed by atoms with van der Waals surface area (Å²) in [5.74, 6) is -1.79. The van der Waals surface area contributed by atoms with E-state index in [0.717, 1.165) is 0 Å². The van der Waals surface area contributed by atoms with Gasteiger partial charge in [0, 0.05) is 12.6 Å². The number of likely N-dealkylation sites (tertiary alicyclic amines) is 1. The molecule has 8 heteroatoms. The zero-order chi connectivity index (χ0) is 15.7. The Bertz CT molecular complexity index is 561. The van der Waals surface area contributed by atoms with E-state index in [9.17, 15) is 23.1 Å². The molecule has 0 aromatic carbocycles. The lowest BCUT2D eigenvalue weighted by Gasteiger charge is -2.32. The maximum absolute atomic E-state index is 12.7. The van der Waals surface area contributed by atoms with E-state index in [0.29, 0.717) is 19.4 Å². The molecular weight excluding hydrogens is 296 g/mol. The fourth-order valence-corrected chi connectivity index (χ4v) is 4.00. The van der Waals surface area contributed by atoms with Crippen LogP contribution in [0.4, 0.5) is 0 Å². The van der Waals surface area contributed by atoms with Gasteiger partial charge in [-0.25, -0.2) is 13.1 Å². The monoisotopic (exact) mass is 316 g/mol. The van der Waals surface area contributed by atoms with Crippen LogP contribution in [0, 0.1) is 5.41 Å². The van der Waals surface area contributed by atoms with E-state index >= 15 is 0 Å². The van der Waals surface area contributed by atoms with Gasteiger partial charge in [0.15, 0.2) is 5.41 Å². The SMILES string of the molecule is CNS(=O)(=O)CC1CCCN1C(=O)C1(C(=O)O)CC=CC1. The number of hydrogen-bond donors (Lipinski definition) is 2. The van der Waals surface area contributed by atoms with Crippen LogP contribution < -0.4 is 4.72 Å². The summed E-state index contributed by atoms with van der Waals surface area (Å²) in [6.45, 7) is 0.414. The Kier molecular flexibility index (Phi) is 4.38. The highest BCUT2D eigenvalue weighted by atomic mass is 32.2. The van der Waals surface area contributed by atoms with Crippen molar-refractivity contribution in [3.8, 4) is 0 Å². The Labute approximate surface area is 124 Å². The normalized spacial score (nSPS) is 24.4. The van der Waals surface area contributed by atoms with Crippen molar-refractivity contribution in [3.05, 3.63) is 12.2 Å². The summed E-state index contributed by atoms with van der Waals surface area (Å²) in [4.78, 5) is 25.7. The second kappa shape index (κ2) is 5.76. The number of carbonyl (C=O) groups is 2. The Hall–Kier alpha value is -1.41. The molecule has 0 radical (unpaired) electrons. The van der Waals surface area contributed by atoms with Crippen LogP contribution in [-0.4, -0.2) is 55.7 Å². The van der Waals surface area contributed by atoms with Crippen molar-refractivity contribution < 1.29 is 23.1 Å². The maximum atomic E-state index is 12.7. The van der Waals surface area contributed by atoms with Crippen molar-refractivity contribution in [2.45, 2.75) is 31.7 Å². The number of carboxylic acid groups (broad SMARTS) is 1. The molecule has 1 amide bonds. The van der Waals surface area contributed by atoms with Crippen LogP contribution in [0.15, 0.2) is 12.2 Å². The van der Waals surface area contributed by atoms with Gasteiger partial charge in [-0.05, 0) is 32.7 Å². The highest BCUT2D eigenvalue weighted by molar-refractivity contribution is 7.89. The summed E-state index contributed by atoms with van der Waals surface area (Å²) in [6, 6.07) is -0.452. The highest BCUT2D eigenvalue weighted by Crippen LogP contribution is 2.37. The summed E-state index contributed by atoms with van der Waals surface area (Å²) < 4.78 is 25.6. The Balaban J connectivity index is 2.19. The van der Waals surface area contributed by atoms with Gasteiger partial charge in [-0.2, -0.15) is 0 Å². The quantitative estimate of drug-likeness (QED) is 0.546. The van der Waals surface area contributed by atoms with Crippen LogP contribution in [0.25, 0.3) is 0 Å². The number of sulfonamides is 1. The van der Waals surface area contributed by atoms with Gasteiger partial charge in [0.2, 0.25) is 15.9 Å². The predicted octanol–water partition coefficient (Wildman–Crippen LogP) is -0.0524. The number of carbonyl (C=O) groups excluding carboxylic acids is 1. The van der Waals surface area contributed by atoms with Crippen LogP contribution in [0.3, 0.4) is 0 Å². The first-order valence-corrected chi connectivity index (χ1v) is 8.58. The number of aliphatic carboxylic acids is 1. The average molecular weight is 316 g/mol. The third-order valence-electron chi connectivity index (χ3n) is 4.28. The van der Waals surface area contributed by atoms with Gasteiger partial charge in [-0.3, -0.25) is 9.59 Å². The molecule has 0 aromatic rings. The minimum atomic E-state index is -3.44. The number of carboxylic acids is 1. The second-order valence-corrected chi connectivity index (χ2v) is 7.52. The molecule has 0 saturated carbocycles. The fraction of sp³-hybridized carbons (Fsp3) is 0.692. The van der Waals surface area contributed by atoms with E-state index in [1.165, 1.54) is 11.9 Å². The van der Waals surface area contributed by atoms with E-state index in [4.69, 9.17) is 0 Å². The minimum absolute atomic E-state index is 0.170. The van der Waals surface area contributed by atoms with E-state index in [2.05, 4.69) is 4.72 Å². The molecule has 2 N–H and O–H groups in total. The first-order chi connectivity index (χ1) is 9.82. The van der Waals surface area contributed by atoms with Gasteiger partial charge in [0.1, 0.15) is 0 Å². The topological polar surface area (TPSA) is 104 Å². The standard InChI is InChI=1S/C13H20N2O5S/c1-14-21(19,20)9-10-5-4-8-15(10)11(16)13(12(17)18)6-2-3-7-13/h2-3,10,14H,4-9H2,1H3,(H,17,18). The average Bonchev–Trinajstić information content (AvgIpc) is 3.06. The van der Waals surface area contributed by atoms with Gasteiger partial charge < -0.3 is 10.0 Å². The molecule has 21 heavy (non-hydrogen) atoms. The molecule has 1 aliphatic heterocycles. The summed E-state index contributed by atoms with van der Waals surface area (Å²) >= 11 is 0. The summed E-state index contributed by atoms with van der Waals surface area (Å²) in [7, 11) is -2.11. The van der Waals surface area contributed by atoms with Crippen LogP contribution in [0.5, 0.6) is 0 Å². The lowest BCUT2D eigenvalue weighted by atomic mass is 9.83. The predicted molar refractivity (Wildman–Crippen MR) is 76.0 cm³/mol. The first kappa shape index (κ1) is 16.0. The Morgan fingerprint density at radius 3 is 2.52 bits per heavy atom. The molecule has 1 unspecified atom stereocenters. The molecule has 7 nitrogen and oxygen atoms in total. The van der Waals surface area contributed by atoms with Gasteiger partial charge in [0.25, 0.3) is 0 Å². The molecule has 1 saturated heterocycles. The number of allylic oxidation sites excluding steroid dienone is 2. The number of amides is 1. The van der Waals surface area contributed by atoms with Crippen molar-refractivity contribution in [2.24, 2.45) is 5.41 Å². The molecule has 1 atom stereocenters. The van der Waals surface area contributed by atoms with Crippen molar-refractivity contribution in [2.75, 3.05) is 19.3 Å². The number of rotatable bonds is 5. The summed E-state index contributed by atoms with van der Waals surface area (Å²) in [5, 5.41) is 9.44. The van der Waals surface area contributed by atoms with E-state index in [1.54, 1.807) is 12.2 Å². The van der Waals surface area contributed by atoms with E-state index in [1.807, 2.05) is 0 Å². The number of hydrogen-bond acceptors (Lipinski definition) is 4. The highest BCUT2D eigenvalue weighted by Gasteiger charge is 2.50. The van der Waals surface area contributed by atoms with Gasteiger partial charge >= 0.3 is 5.97 Å². The second-order valence-electron chi connectivity index (χ2n) is 5.55. The lowest BCUT2D eigenvalue weighted by Crippen LogP contribution is -2.51. The van der Waals surface area contributed by atoms with Crippen molar-refractivity contribution in [1.82, 2.24) is 9.62 Å². The zero-order valence-corrected chi connectivity index (χ0v) is 12.7. The molecule has 1 aliphatic carbocycles. The summed E-state index contributed by atoms with van der Waals surface area (Å²) in [6.07, 6.45) is 5.00. The third-order valence-corrected chi connectivity index (χ3v) is 5.72. The van der Waals surface area contributed by atoms with E-state index < -0.39 is 33.4 Å². The third kappa shape index (κ3) is 2.96. The largest absolute Gasteiger partial charge is 0.480 e. The fourth-order valence-electron chi connectivity index (χ4n) is 2.98. The Morgan fingerprint density at radius 1 is 1.38 bits per heavy atom. The van der Waals surface area contributed by atoms with Crippen LogP contribution in [0.1, 0.15) is 25.7 Å². The van der Waals surface area contributed by atoms with Gasteiger partial charge in [-0.15, -0.1) is 0 Å². The molecule has 0 spiro atoms. The van der Waals surface area contributed by atoms with Crippen molar-refractivity contribution >= 4 is 21.9 Å². The molecule has 2 rings (SSSR count). The van der Waals surface area contributed by atoms with Crippen molar-refractivity contribution in [3.63, 3.8) is 0 Å². The molecule has 0 bridgehead atoms. The van der Waals surface area contributed by atoms with Gasteiger partial charge in [0.05, 0.1) is 5.75 Å². The van der Waals surface area contributed by atoms with Gasteiger partial charge in [-0.1, -0.05) is 12.2 Å². The molecule has 0 aromatic heterocycles. The van der Waals surface area contributed by atoms with Crippen LogP contribution >= 0.6 is 0 Å². The maximum Gasteiger partial charge on any atom is 0.319 e. The molecule has 1 fully saturated rings. The summed E-state index contributed by atoms with van der Waals surface area (Å²) in [5.41, 5.74) is -1.45. The molecule has 118 valence electrons. The van der Waals surface area contributed by atoms with E-state index in [-0.39, 0.29) is 18.6 Å². The molecular formula is C13H20N2O5S. The zero-order valence-electron chi connectivity index (χ0n) is 11.9. The first-order valence-electron chi connectivity index (χ1n) is 6.93. The molecule has 1 heterocycles. The number of nitrogens with zero attached hydrogens (tertiary/aromatic N) is 1. The minimum Gasteiger partial charge on any atom is -0.480 e. The van der Waals surface area contributed by atoms with Crippen LogP contribution in [-0.2, 0) is 19.6 Å². The Morgan fingerprint density at radius 2 is 2.00 bits per heavy atom. The number of nitrogens with one attached hydrogen (secondary N) is 1.